The second-order valence-electron chi connectivity index (χ2n) is 4.60. The molecule has 0 unspecified atom stereocenters. The summed E-state index contributed by atoms with van der Waals surface area (Å²) in [6.45, 7) is 1.01. The van der Waals surface area contributed by atoms with Crippen molar-refractivity contribution in [3.05, 3.63) is 45.9 Å². The molecule has 1 saturated heterocycles. The maximum Gasteiger partial charge on any atom is 0.212 e. The summed E-state index contributed by atoms with van der Waals surface area (Å²) in [5.74, 6) is -0.0461. The minimum atomic E-state index is -0.142. The van der Waals surface area contributed by atoms with Crippen molar-refractivity contribution < 1.29 is 9.90 Å². The SMILES string of the molecule is Cl.Cl.O=C(c1cccc(O)c1)c1csc([C@@H]2CCCN2)n1. The summed E-state index contributed by atoms with van der Waals surface area (Å²) >= 11 is 1.52. The normalized spacial score (nSPS) is 16.9. The summed E-state index contributed by atoms with van der Waals surface area (Å²) in [6, 6.07) is 6.65. The molecule has 21 heavy (non-hydrogen) atoms. The molecule has 1 aromatic heterocycles. The number of phenols is 1. The van der Waals surface area contributed by atoms with E-state index in [1.807, 2.05) is 0 Å². The van der Waals surface area contributed by atoms with Crippen molar-refractivity contribution in [1.29, 1.82) is 0 Å². The highest BCUT2D eigenvalue weighted by Crippen LogP contribution is 2.26. The number of rotatable bonds is 3. The Morgan fingerprint density at radius 1 is 1.38 bits per heavy atom. The van der Waals surface area contributed by atoms with Crippen LogP contribution < -0.4 is 5.32 Å². The van der Waals surface area contributed by atoms with Gasteiger partial charge in [-0.1, -0.05) is 12.1 Å². The topological polar surface area (TPSA) is 62.2 Å². The van der Waals surface area contributed by atoms with Gasteiger partial charge in [0.25, 0.3) is 0 Å². The monoisotopic (exact) mass is 346 g/mol. The molecule has 2 heterocycles. The fraction of sp³-hybridized carbons (Fsp3) is 0.286. The third-order valence-electron chi connectivity index (χ3n) is 3.22. The number of hydrogen-bond acceptors (Lipinski definition) is 5. The molecule has 1 aliphatic heterocycles. The lowest BCUT2D eigenvalue weighted by molar-refractivity contribution is 0.103. The lowest BCUT2D eigenvalue weighted by atomic mass is 10.1. The van der Waals surface area contributed by atoms with Crippen molar-refractivity contribution in [3.63, 3.8) is 0 Å². The van der Waals surface area contributed by atoms with Crippen molar-refractivity contribution in [2.24, 2.45) is 0 Å². The van der Waals surface area contributed by atoms with Gasteiger partial charge in [0.2, 0.25) is 5.78 Å². The predicted octanol–water partition coefficient (Wildman–Crippen LogP) is 3.35. The number of benzene rings is 1. The first kappa shape index (κ1) is 17.9. The van der Waals surface area contributed by atoms with Crippen molar-refractivity contribution in [3.8, 4) is 5.75 Å². The van der Waals surface area contributed by atoms with Crippen LogP contribution in [0.5, 0.6) is 5.75 Å². The van der Waals surface area contributed by atoms with E-state index < -0.39 is 0 Å². The molecule has 2 N–H and O–H groups in total. The Balaban J connectivity index is 0.00000110. The number of aromatic nitrogens is 1. The highest BCUT2D eigenvalue weighted by molar-refractivity contribution is 7.10. The average Bonchev–Trinajstić information content (AvgIpc) is 3.08. The van der Waals surface area contributed by atoms with Gasteiger partial charge < -0.3 is 10.4 Å². The molecule has 7 heteroatoms. The fourth-order valence-corrected chi connectivity index (χ4v) is 3.15. The molecule has 0 amide bonds. The molecular weight excluding hydrogens is 331 g/mol. The van der Waals surface area contributed by atoms with E-state index in [2.05, 4.69) is 10.3 Å². The maximum absolute atomic E-state index is 12.2. The van der Waals surface area contributed by atoms with Crippen LogP contribution in [0.1, 0.15) is 39.9 Å². The molecule has 2 aromatic rings. The Morgan fingerprint density at radius 2 is 2.19 bits per heavy atom. The number of aromatic hydroxyl groups is 1. The van der Waals surface area contributed by atoms with E-state index in [0.29, 0.717) is 11.3 Å². The van der Waals surface area contributed by atoms with Crippen molar-refractivity contribution in [2.75, 3.05) is 6.54 Å². The Bertz CT molecular complexity index is 613. The molecule has 0 bridgehead atoms. The van der Waals surface area contributed by atoms with E-state index in [1.165, 1.54) is 17.4 Å². The van der Waals surface area contributed by atoms with Gasteiger partial charge in [-0.25, -0.2) is 4.98 Å². The van der Waals surface area contributed by atoms with E-state index in [9.17, 15) is 9.90 Å². The first-order valence-electron chi connectivity index (χ1n) is 6.26. The van der Waals surface area contributed by atoms with E-state index in [1.54, 1.807) is 23.6 Å². The zero-order chi connectivity index (χ0) is 13.2. The molecule has 4 nitrogen and oxygen atoms in total. The third-order valence-corrected chi connectivity index (χ3v) is 4.18. The Hall–Kier alpha value is -1.14. The number of hydrogen-bond donors (Lipinski definition) is 2. The average molecular weight is 347 g/mol. The summed E-state index contributed by atoms with van der Waals surface area (Å²) in [6.07, 6.45) is 2.23. The quantitative estimate of drug-likeness (QED) is 0.836. The van der Waals surface area contributed by atoms with Crippen LogP contribution in [0.4, 0.5) is 0 Å². The van der Waals surface area contributed by atoms with Crippen LogP contribution >= 0.6 is 36.2 Å². The number of nitrogens with zero attached hydrogens (tertiary/aromatic N) is 1. The Morgan fingerprint density at radius 3 is 2.86 bits per heavy atom. The van der Waals surface area contributed by atoms with Gasteiger partial charge in [-0.05, 0) is 31.5 Å². The largest absolute Gasteiger partial charge is 0.508 e. The third kappa shape index (κ3) is 3.95. The van der Waals surface area contributed by atoms with E-state index in [0.717, 1.165) is 24.4 Å². The van der Waals surface area contributed by atoms with Gasteiger partial charge in [0.15, 0.2) is 0 Å². The molecule has 0 radical (unpaired) electrons. The van der Waals surface area contributed by atoms with E-state index in [-0.39, 0.29) is 42.4 Å². The summed E-state index contributed by atoms with van der Waals surface area (Å²) in [5.41, 5.74) is 0.926. The first-order chi connectivity index (χ1) is 9.24. The van der Waals surface area contributed by atoms with Gasteiger partial charge in [-0.2, -0.15) is 0 Å². The van der Waals surface area contributed by atoms with Crippen molar-refractivity contribution in [2.45, 2.75) is 18.9 Å². The van der Waals surface area contributed by atoms with Gasteiger partial charge in [0.05, 0.1) is 6.04 Å². The van der Waals surface area contributed by atoms with Crippen LogP contribution in [-0.4, -0.2) is 22.4 Å². The second-order valence-corrected chi connectivity index (χ2v) is 5.49. The highest BCUT2D eigenvalue weighted by Gasteiger charge is 2.21. The van der Waals surface area contributed by atoms with E-state index in [4.69, 9.17) is 0 Å². The molecule has 1 fully saturated rings. The number of nitrogens with one attached hydrogen (secondary N) is 1. The molecule has 1 aromatic carbocycles. The Kier molecular flexibility index (Phi) is 6.61. The molecule has 0 aliphatic carbocycles. The molecule has 0 saturated carbocycles. The number of phenolic OH excluding ortho intramolecular Hbond substituents is 1. The lowest BCUT2D eigenvalue weighted by Gasteiger charge is -2.04. The predicted molar refractivity (Wildman–Crippen MR) is 88.1 cm³/mol. The van der Waals surface area contributed by atoms with Crippen LogP contribution in [0.3, 0.4) is 0 Å². The summed E-state index contributed by atoms with van der Waals surface area (Å²) in [5, 5.41) is 15.5. The van der Waals surface area contributed by atoms with Gasteiger partial charge >= 0.3 is 0 Å². The zero-order valence-electron chi connectivity index (χ0n) is 11.1. The Labute approximate surface area is 139 Å². The van der Waals surface area contributed by atoms with Crippen LogP contribution in [-0.2, 0) is 0 Å². The zero-order valence-corrected chi connectivity index (χ0v) is 13.6. The molecule has 1 atom stereocenters. The smallest absolute Gasteiger partial charge is 0.212 e. The van der Waals surface area contributed by atoms with Gasteiger partial charge in [-0.15, -0.1) is 36.2 Å². The number of halogens is 2. The molecule has 0 spiro atoms. The second kappa shape index (κ2) is 7.75. The van der Waals surface area contributed by atoms with Crippen LogP contribution in [0.15, 0.2) is 29.6 Å². The molecule has 3 rings (SSSR count). The number of ketones is 1. The fourth-order valence-electron chi connectivity index (χ4n) is 2.24. The lowest BCUT2D eigenvalue weighted by Crippen LogP contribution is -2.13. The van der Waals surface area contributed by atoms with Crippen molar-refractivity contribution >= 4 is 41.9 Å². The minimum absolute atomic E-state index is 0. The van der Waals surface area contributed by atoms with Crippen molar-refractivity contribution in [1.82, 2.24) is 10.3 Å². The van der Waals surface area contributed by atoms with Crippen LogP contribution in [0, 0.1) is 0 Å². The van der Waals surface area contributed by atoms with Crippen LogP contribution in [0.2, 0.25) is 0 Å². The minimum Gasteiger partial charge on any atom is -0.508 e. The molecule has 1 aliphatic rings. The maximum atomic E-state index is 12.2. The van der Waals surface area contributed by atoms with Gasteiger partial charge in [0.1, 0.15) is 16.5 Å². The van der Waals surface area contributed by atoms with E-state index >= 15 is 0 Å². The summed E-state index contributed by atoms with van der Waals surface area (Å²) in [4.78, 5) is 16.7. The molecule has 114 valence electrons. The number of carbonyl (C=O) groups excluding carboxylic acids is 1. The standard InChI is InChI=1S/C14H14N2O2S.2ClH/c17-10-4-1-3-9(7-10)13(18)12-8-19-14(16-12)11-5-2-6-15-11;;/h1,3-4,7-8,11,15,17H,2,5-6H2;2*1H/t11-;;/m0../s1. The van der Waals surface area contributed by atoms with Gasteiger partial charge in [-0.3, -0.25) is 4.79 Å². The summed E-state index contributed by atoms with van der Waals surface area (Å²) < 4.78 is 0. The first-order valence-corrected chi connectivity index (χ1v) is 7.14. The van der Waals surface area contributed by atoms with Crippen LogP contribution in [0.25, 0.3) is 0 Å². The number of thiazole rings is 1. The summed E-state index contributed by atoms with van der Waals surface area (Å²) in [7, 11) is 0. The highest BCUT2D eigenvalue weighted by atomic mass is 35.5. The molecular formula is C14H16Cl2N2O2S. The van der Waals surface area contributed by atoms with Gasteiger partial charge in [0, 0.05) is 10.9 Å². The number of carbonyl (C=O) groups is 1.